The number of carbonyl (C=O) groups excluding carboxylic acids is 1. The molecule has 1 aliphatic rings. The van der Waals surface area contributed by atoms with E-state index < -0.39 is 6.04 Å². The molecule has 0 spiro atoms. The van der Waals surface area contributed by atoms with Crippen molar-refractivity contribution >= 4 is 5.91 Å². The number of methoxy groups -OCH3 is 1. The summed E-state index contributed by atoms with van der Waals surface area (Å²) in [6, 6.07) is 7.44. The molecule has 1 aromatic rings. The minimum atomic E-state index is -0.420. The van der Waals surface area contributed by atoms with Crippen molar-refractivity contribution in [2.24, 2.45) is 5.73 Å². The number of carbonyl (C=O) groups is 1. The van der Waals surface area contributed by atoms with Gasteiger partial charge in [0.1, 0.15) is 5.75 Å². The maximum absolute atomic E-state index is 11.8. The molecule has 0 bridgehead atoms. The van der Waals surface area contributed by atoms with Crippen LogP contribution < -0.4 is 10.5 Å². The van der Waals surface area contributed by atoms with Crippen LogP contribution in [-0.4, -0.2) is 43.2 Å². The predicted octanol–water partition coefficient (Wildman–Crippen LogP) is 1.55. The summed E-state index contributed by atoms with van der Waals surface area (Å²) >= 11 is 0. The molecule has 5 nitrogen and oxygen atoms in total. The van der Waals surface area contributed by atoms with E-state index in [1.165, 1.54) is 0 Å². The molecule has 2 N–H and O–H groups in total. The van der Waals surface area contributed by atoms with E-state index in [1.54, 1.807) is 14.0 Å². The minimum Gasteiger partial charge on any atom is -0.496 e. The average molecular weight is 292 g/mol. The van der Waals surface area contributed by atoms with Gasteiger partial charge in [-0.25, -0.2) is 0 Å². The summed E-state index contributed by atoms with van der Waals surface area (Å²) in [5.74, 6) is 0.875. The predicted molar refractivity (Wildman–Crippen MR) is 81.0 cm³/mol. The molecule has 1 unspecified atom stereocenters. The molecular formula is C16H24N2O3. The van der Waals surface area contributed by atoms with E-state index in [9.17, 15) is 4.79 Å². The fourth-order valence-electron chi connectivity index (χ4n) is 2.56. The van der Waals surface area contributed by atoms with Crippen LogP contribution in [0.5, 0.6) is 5.75 Å². The fourth-order valence-corrected chi connectivity index (χ4v) is 2.56. The highest BCUT2D eigenvalue weighted by Gasteiger charge is 2.24. The summed E-state index contributed by atoms with van der Waals surface area (Å²) < 4.78 is 11.3. The van der Waals surface area contributed by atoms with Gasteiger partial charge in [0.15, 0.2) is 0 Å². The third-order valence-corrected chi connectivity index (χ3v) is 3.81. The molecule has 0 radical (unpaired) electrons. The van der Waals surface area contributed by atoms with E-state index in [1.807, 2.05) is 29.2 Å². The summed E-state index contributed by atoms with van der Waals surface area (Å²) in [4.78, 5) is 13.6. The quantitative estimate of drug-likeness (QED) is 0.894. The Morgan fingerprint density at radius 3 is 2.67 bits per heavy atom. The summed E-state index contributed by atoms with van der Waals surface area (Å²) in [7, 11) is 1.66. The van der Waals surface area contributed by atoms with E-state index in [0.29, 0.717) is 6.61 Å². The maximum atomic E-state index is 11.8. The van der Waals surface area contributed by atoms with Crippen molar-refractivity contribution in [2.75, 3.05) is 20.2 Å². The number of piperidine rings is 1. The van der Waals surface area contributed by atoms with Crippen LogP contribution in [-0.2, 0) is 16.1 Å². The summed E-state index contributed by atoms with van der Waals surface area (Å²) in [5.41, 5.74) is 6.68. The van der Waals surface area contributed by atoms with Crippen LogP contribution in [0, 0.1) is 0 Å². The van der Waals surface area contributed by atoms with Crippen molar-refractivity contribution in [3.63, 3.8) is 0 Å². The van der Waals surface area contributed by atoms with E-state index >= 15 is 0 Å². The minimum absolute atomic E-state index is 0.0261. The maximum Gasteiger partial charge on any atom is 0.239 e. The Bertz CT molecular complexity index is 468. The van der Waals surface area contributed by atoms with Crippen LogP contribution in [0.3, 0.4) is 0 Å². The molecule has 1 saturated heterocycles. The van der Waals surface area contributed by atoms with Crippen LogP contribution in [0.15, 0.2) is 24.3 Å². The standard InChI is InChI=1S/C16H24N2O3/c1-12(17)16(19)18-9-7-14(8-10-18)21-11-13-5-3-4-6-15(13)20-2/h3-6,12,14H,7-11,17H2,1-2H3. The van der Waals surface area contributed by atoms with Gasteiger partial charge < -0.3 is 20.1 Å². The van der Waals surface area contributed by atoms with Gasteiger partial charge >= 0.3 is 0 Å². The Morgan fingerprint density at radius 1 is 1.38 bits per heavy atom. The van der Waals surface area contributed by atoms with Gasteiger partial charge in [0.2, 0.25) is 5.91 Å². The number of nitrogens with two attached hydrogens (primary N) is 1. The molecule has 5 heteroatoms. The van der Waals surface area contributed by atoms with Gasteiger partial charge in [0.05, 0.1) is 25.9 Å². The van der Waals surface area contributed by atoms with Gasteiger partial charge in [0.25, 0.3) is 0 Å². The first kappa shape index (κ1) is 15.8. The average Bonchev–Trinajstić information content (AvgIpc) is 2.52. The third-order valence-electron chi connectivity index (χ3n) is 3.81. The number of ether oxygens (including phenoxy) is 2. The molecular weight excluding hydrogens is 268 g/mol. The second-order valence-corrected chi connectivity index (χ2v) is 5.44. The zero-order valence-electron chi connectivity index (χ0n) is 12.7. The molecule has 2 rings (SSSR count). The van der Waals surface area contributed by atoms with Gasteiger partial charge in [-0.1, -0.05) is 18.2 Å². The number of nitrogens with zero attached hydrogens (tertiary/aromatic N) is 1. The van der Waals surface area contributed by atoms with Crippen molar-refractivity contribution in [1.29, 1.82) is 0 Å². The summed E-state index contributed by atoms with van der Waals surface area (Å²) in [6.45, 7) is 3.70. The number of benzene rings is 1. The van der Waals surface area contributed by atoms with Gasteiger partial charge in [-0.3, -0.25) is 4.79 Å². The summed E-state index contributed by atoms with van der Waals surface area (Å²) in [5, 5.41) is 0. The van der Waals surface area contributed by atoms with Crippen molar-refractivity contribution in [3.05, 3.63) is 29.8 Å². The number of likely N-dealkylation sites (tertiary alicyclic amines) is 1. The number of amides is 1. The van der Waals surface area contributed by atoms with Crippen LogP contribution >= 0.6 is 0 Å². The van der Waals surface area contributed by atoms with E-state index in [-0.39, 0.29) is 12.0 Å². The van der Waals surface area contributed by atoms with Crippen molar-refractivity contribution < 1.29 is 14.3 Å². The van der Waals surface area contributed by atoms with Crippen molar-refractivity contribution in [3.8, 4) is 5.75 Å². The highest BCUT2D eigenvalue weighted by atomic mass is 16.5. The first-order valence-electron chi connectivity index (χ1n) is 7.39. The van der Waals surface area contributed by atoms with Gasteiger partial charge in [0, 0.05) is 18.7 Å². The Balaban J connectivity index is 1.80. The molecule has 116 valence electrons. The molecule has 1 heterocycles. The molecule has 0 aliphatic carbocycles. The fraction of sp³-hybridized carbons (Fsp3) is 0.562. The second kappa shape index (κ2) is 7.43. The molecule has 1 aliphatic heterocycles. The first-order chi connectivity index (χ1) is 10.1. The molecule has 1 fully saturated rings. The zero-order valence-corrected chi connectivity index (χ0v) is 12.7. The van der Waals surface area contributed by atoms with Gasteiger partial charge in [-0.05, 0) is 25.8 Å². The molecule has 1 amide bonds. The Hall–Kier alpha value is -1.59. The Kier molecular flexibility index (Phi) is 5.59. The topological polar surface area (TPSA) is 64.8 Å². The number of para-hydroxylation sites is 1. The van der Waals surface area contributed by atoms with E-state index in [0.717, 1.165) is 37.2 Å². The molecule has 1 aromatic carbocycles. The van der Waals surface area contributed by atoms with Crippen LogP contribution in [0.4, 0.5) is 0 Å². The van der Waals surface area contributed by atoms with Gasteiger partial charge in [-0.2, -0.15) is 0 Å². The highest BCUT2D eigenvalue weighted by Crippen LogP contribution is 2.21. The SMILES string of the molecule is COc1ccccc1COC1CCN(C(=O)C(C)N)CC1. The third kappa shape index (κ3) is 4.19. The first-order valence-corrected chi connectivity index (χ1v) is 7.39. The molecule has 1 atom stereocenters. The van der Waals surface area contributed by atoms with Crippen LogP contribution in [0.2, 0.25) is 0 Å². The smallest absolute Gasteiger partial charge is 0.239 e. The van der Waals surface area contributed by atoms with Gasteiger partial charge in [-0.15, -0.1) is 0 Å². The van der Waals surface area contributed by atoms with Crippen molar-refractivity contribution in [2.45, 2.75) is 38.5 Å². The second-order valence-electron chi connectivity index (χ2n) is 5.44. The highest BCUT2D eigenvalue weighted by molar-refractivity contribution is 5.81. The largest absolute Gasteiger partial charge is 0.496 e. The number of hydrogen-bond donors (Lipinski definition) is 1. The summed E-state index contributed by atoms with van der Waals surface area (Å²) in [6.07, 6.45) is 1.90. The molecule has 0 saturated carbocycles. The number of rotatable bonds is 5. The van der Waals surface area contributed by atoms with E-state index in [4.69, 9.17) is 15.2 Å². The van der Waals surface area contributed by atoms with Crippen LogP contribution in [0.1, 0.15) is 25.3 Å². The molecule has 0 aromatic heterocycles. The van der Waals surface area contributed by atoms with E-state index in [2.05, 4.69) is 0 Å². The lowest BCUT2D eigenvalue weighted by Crippen LogP contribution is -2.47. The molecule has 21 heavy (non-hydrogen) atoms. The number of hydrogen-bond acceptors (Lipinski definition) is 4. The lowest BCUT2D eigenvalue weighted by atomic mass is 10.1. The van der Waals surface area contributed by atoms with Crippen LogP contribution in [0.25, 0.3) is 0 Å². The lowest BCUT2D eigenvalue weighted by Gasteiger charge is -2.33. The Labute approximate surface area is 126 Å². The Morgan fingerprint density at radius 2 is 2.05 bits per heavy atom. The zero-order chi connectivity index (χ0) is 15.2. The normalized spacial score (nSPS) is 17.6. The lowest BCUT2D eigenvalue weighted by molar-refractivity contribution is -0.135. The monoisotopic (exact) mass is 292 g/mol. The van der Waals surface area contributed by atoms with Crippen molar-refractivity contribution in [1.82, 2.24) is 4.90 Å².